The molecule has 0 fully saturated rings. The quantitative estimate of drug-likeness (QED) is 0.100. The molecule has 0 atom stereocenters. The third-order valence-electron chi connectivity index (χ3n) is 16.9. The molecule has 16 aromatic rings. The van der Waals surface area contributed by atoms with E-state index in [1.165, 1.54) is 71.4 Å². The molecule has 0 aliphatic rings. The van der Waals surface area contributed by atoms with E-state index in [9.17, 15) is 39.5 Å². The van der Waals surface area contributed by atoms with Gasteiger partial charge in [0.1, 0.15) is 0 Å². The van der Waals surface area contributed by atoms with E-state index >= 15 is 0 Å². The van der Waals surface area contributed by atoms with E-state index < -0.39 is 46.3 Å². The van der Waals surface area contributed by atoms with Crippen molar-refractivity contribution >= 4 is 0 Å². The van der Waals surface area contributed by atoms with E-state index in [1.54, 1.807) is 60.9 Å². The fourth-order valence-electron chi connectivity index (χ4n) is 11.5. The summed E-state index contributed by atoms with van der Waals surface area (Å²) in [6.07, 6.45) is -9.18. The summed E-state index contributed by atoms with van der Waals surface area (Å²) in [7, 11) is 0. The summed E-state index contributed by atoms with van der Waals surface area (Å²) >= 11 is 0. The summed E-state index contributed by atoms with van der Waals surface area (Å²) in [5.74, 6) is 0. The van der Waals surface area contributed by atoms with Crippen LogP contribution in [0.15, 0.2) is 346 Å². The summed E-state index contributed by atoms with van der Waals surface area (Å²) in [6.45, 7) is 8.09. The first-order valence-electron chi connectivity index (χ1n) is 35.2. The number of alkyl halides is 9. The first kappa shape index (κ1) is 89.0. The molecule has 6 nitrogen and oxygen atoms in total. The predicted octanol–water partition coefficient (Wildman–Crippen LogP) is 26.2. The van der Waals surface area contributed by atoms with Gasteiger partial charge in [-0.1, -0.05) is 139 Å². The van der Waals surface area contributed by atoms with Crippen LogP contribution in [-0.2, 0) is 78.8 Å². The Morgan fingerprint density at radius 2 is 0.591 bits per heavy atom. The van der Waals surface area contributed by atoms with Crippen LogP contribution in [0.25, 0.3) is 112 Å². The smallest absolute Gasteiger partial charge is 0.305 e. The third-order valence-corrected chi connectivity index (χ3v) is 16.9. The second kappa shape index (κ2) is 43.1. The molecule has 115 heavy (non-hydrogen) atoms. The Kier molecular flexibility index (Phi) is 33.3. The van der Waals surface area contributed by atoms with Gasteiger partial charge in [-0.25, -0.2) is 0 Å². The largest absolute Gasteiger partial charge is 0.417 e. The van der Waals surface area contributed by atoms with E-state index in [2.05, 4.69) is 110 Å². The average molecular weight is 2070 g/mol. The number of nitrogens with zero attached hydrogens (tertiary/aromatic N) is 6. The van der Waals surface area contributed by atoms with Gasteiger partial charge in [0, 0.05) is 96.0 Å². The number of pyridine rings is 6. The molecule has 0 amide bonds. The maximum Gasteiger partial charge on any atom is 0.417 e. The van der Waals surface area contributed by atoms with Gasteiger partial charge in [0.05, 0.1) is 16.7 Å². The topological polar surface area (TPSA) is 77.3 Å². The first-order chi connectivity index (χ1) is 54.1. The van der Waals surface area contributed by atoms with E-state index in [4.69, 9.17) is 0 Å². The Hall–Kier alpha value is -11.6. The van der Waals surface area contributed by atoms with Crippen LogP contribution in [0, 0.1) is 64.1 Å². The van der Waals surface area contributed by atoms with Gasteiger partial charge in [-0.3, -0.25) is 0 Å². The number of aromatic nitrogens is 6. The monoisotopic (exact) mass is 2070 g/mol. The molecule has 0 unspecified atom stereocenters. The van der Waals surface area contributed by atoms with E-state index in [1.807, 2.05) is 191 Å². The first-order valence-corrected chi connectivity index (χ1v) is 35.2. The van der Waals surface area contributed by atoms with Crippen molar-refractivity contribution in [3.05, 3.63) is 422 Å². The zero-order valence-corrected chi connectivity index (χ0v) is 69.2. The minimum absolute atomic E-state index is 0. The van der Waals surface area contributed by atoms with Crippen LogP contribution < -0.4 is 0 Å². The molecule has 0 bridgehead atoms. The van der Waals surface area contributed by atoms with Gasteiger partial charge in [0.25, 0.3) is 0 Å². The molecule has 0 spiro atoms. The van der Waals surface area contributed by atoms with Crippen molar-refractivity contribution in [2.24, 2.45) is 0 Å². The van der Waals surface area contributed by atoms with Crippen molar-refractivity contribution in [1.29, 1.82) is 0 Å². The normalized spacial score (nSPS) is 10.6. The van der Waals surface area contributed by atoms with Crippen LogP contribution in [0.1, 0.15) is 39.3 Å². The van der Waals surface area contributed by atoms with Crippen LogP contribution >= 0.6 is 0 Å². The molecule has 0 N–H and O–H groups in total. The van der Waals surface area contributed by atoms with Crippen LogP contribution in [0.4, 0.5) is 39.5 Å². The van der Waals surface area contributed by atoms with Gasteiger partial charge >= 0.3 is 18.5 Å². The fourth-order valence-corrected chi connectivity index (χ4v) is 11.5. The number of aryl methyl sites for hydroxylation is 4. The molecule has 0 aliphatic carbocycles. The Morgan fingerprint density at radius 3 is 1.03 bits per heavy atom. The molecule has 6 aromatic heterocycles. The van der Waals surface area contributed by atoms with Crippen LogP contribution in [0.2, 0.25) is 0 Å². The van der Waals surface area contributed by atoms with Crippen LogP contribution in [0.3, 0.4) is 0 Å². The molecular weight excluding hydrogens is 2000 g/mol. The fraction of sp³-hybridized carbons (Fsp3) is 0.0722. The predicted molar refractivity (Wildman–Crippen MR) is 427 cm³/mol. The minimum Gasteiger partial charge on any atom is -0.305 e. The minimum atomic E-state index is -4.87. The number of hydrogen-bond donors (Lipinski definition) is 0. The van der Waals surface area contributed by atoms with Crippen molar-refractivity contribution in [1.82, 2.24) is 29.9 Å². The van der Waals surface area contributed by atoms with Gasteiger partial charge in [0.15, 0.2) is 0 Å². The Morgan fingerprint density at radius 1 is 0.235 bits per heavy atom. The number of halogens is 9. The Balaban J connectivity index is 0.000000178. The molecule has 18 heteroatoms. The molecule has 0 saturated heterocycles. The van der Waals surface area contributed by atoms with Crippen molar-refractivity contribution in [3.63, 3.8) is 0 Å². The second-order valence-corrected chi connectivity index (χ2v) is 25.2. The van der Waals surface area contributed by atoms with E-state index in [0.717, 1.165) is 79.8 Å². The van der Waals surface area contributed by atoms with E-state index in [-0.39, 0.29) is 71.4 Å². The number of rotatable bonds is 10. The summed E-state index contributed by atoms with van der Waals surface area (Å²) < 4.78 is 122. The Bertz CT molecular complexity index is 5520. The molecule has 6 heterocycles. The molecule has 0 saturated carbocycles. The molecule has 583 valence electrons. The summed E-state index contributed by atoms with van der Waals surface area (Å²) in [5.41, 5.74) is 14.4. The van der Waals surface area contributed by atoms with Crippen LogP contribution in [-0.4, -0.2) is 29.9 Å². The van der Waals surface area contributed by atoms with Gasteiger partial charge < -0.3 is 29.9 Å². The van der Waals surface area contributed by atoms with Crippen molar-refractivity contribution in [2.45, 2.75) is 46.2 Å². The summed E-state index contributed by atoms with van der Waals surface area (Å²) in [4.78, 5) is 26.0. The van der Waals surface area contributed by atoms with Gasteiger partial charge in [0.2, 0.25) is 0 Å². The molecule has 10 aromatic carbocycles. The third kappa shape index (κ3) is 26.2. The van der Waals surface area contributed by atoms with Crippen molar-refractivity contribution in [3.8, 4) is 112 Å². The summed E-state index contributed by atoms with van der Waals surface area (Å²) in [5, 5.41) is 0. The van der Waals surface area contributed by atoms with E-state index in [0.29, 0.717) is 40.2 Å². The van der Waals surface area contributed by atoms with Crippen molar-refractivity contribution in [2.75, 3.05) is 0 Å². The zero-order valence-electron chi connectivity index (χ0n) is 62.0. The SMILES string of the molecule is Cc1ccc(-c2cc[c-]c(-c3cccc(C)n3)c2)cc1.Cc1cccc(-c2[c-]cccc2)n1.Cc1cccc(-c2[c-]cccc2)n1.FC(F)(F)c1cc(-c2cc[c-]c(-c3ccccn3)c2)c(C(F)(F)F)cc1-c1ccccc1.FC(F)(F)c1cccc(-c2ccnc(-c3[c-]cccc3)c2)c1.[Ir].[Ir].[Ir].[c-]1ccccc1-c1ccccn1. The zero-order chi connectivity index (χ0) is 78.9. The molecule has 3 radical (unpaired) electrons. The molecular formula is C97H69F9Ir3N6-6. The second-order valence-electron chi connectivity index (χ2n) is 25.2. The van der Waals surface area contributed by atoms with Crippen LogP contribution in [0.5, 0.6) is 0 Å². The number of benzene rings is 10. The number of hydrogen-bond acceptors (Lipinski definition) is 6. The molecule has 16 rings (SSSR count). The summed E-state index contributed by atoms with van der Waals surface area (Å²) in [6, 6.07) is 114. The maximum absolute atomic E-state index is 14.0. The molecule has 0 aliphatic heterocycles. The Labute approximate surface area is 704 Å². The average Bonchev–Trinajstić information content (AvgIpc) is 0.756. The standard InChI is InChI=1S/C25H14F6N.C19H16N.C18H11F3N.2C12H10N.C11H8N.3Ir/c26-24(27,28)21-15-20(17-9-6-10-18(13-17)23-11-4-5-12-32-23)22(25(29,30)31)14-19(21)16-7-2-1-3-8-16;1-14-9-11-16(12-10-14)17-6-4-7-18(13-17)19-8-3-5-15(2)20-19;19-18(20,21)16-8-4-7-14(11-16)15-9-10-22-17(12-15)13-5-2-1-3-6-13;2*1-10-6-5-9-12(13-10)11-7-3-2-4-8-11;1-2-6-10(7-3-1)11-8-4-5-9-12-11;;;/h1-9,11-15H;3-6,8-13H,1-2H3;1-5,7-12H;2*2-7,9H,1H3;1-6,8-9H;;;/q6*-1;;;. The van der Waals surface area contributed by atoms with Crippen molar-refractivity contribution < 1.29 is 99.8 Å². The van der Waals surface area contributed by atoms with Gasteiger partial charge in [-0.2, -0.15) is 39.5 Å². The van der Waals surface area contributed by atoms with Gasteiger partial charge in [-0.05, 0) is 156 Å². The van der Waals surface area contributed by atoms with Gasteiger partial charge in [-0.15, -0.1) is 214 Å². The maximum atomic E-state index is 14.0.